The quantitative estimate of drug-likeness (QED) is 0.671. The van der Waals surface area contributed by atoms with Gasteiger partial charge in [-0.15, -0.1) is 0 Å². The maximum Gasteiger partial charge on any atom is 0.288 e. The summed E-state index contributed by atoms with van der Waals surface area (Å²) in [4.78, 5) is 28.5. The fourth-order valence-electron chi connectivity index (χ4n) is 2.44. The molecule has 1 saturated heterocycles. The van der Waals surface area contributed by atoms with Crippen molar-refractivity contribution >= 4 is 17.4 Å². The summed E-state index contributed by atoms with van der Waals surface area (Å²) in [5.74, 6) is 0.700. The molecule has 7 nitrogen and oxygen atoms in total. The van der Waals surface area contributed by atoms with Crippen LogP contribution in [-0.2, 0) is 0 Å². The molecule has 1 amide bonds. The Kier molecular flexibility index (Phi) is 4.16. The Balaban J connectivity index is 2.28. The molecule has 0 spiro atoms. The topological polar surface area (TPSA) is 88.4 Å². The van der Waals surface area contributed by atoms with Gasteiger partial charge >= 0.3 is 0 Å². The standard InChI is InChI=1S/C13H18N4O3/c1-3-9-4-5-16(8-9)13(18)11-6-10(17(19)20)7-15-12(11)14-2/h6-7,9H,3-5,8H2,1-2H3,(H,14,15). The number of nitrogens with zero attached hydrogens (tertiary/aromatic N) is 3. The summed E-state index contributed by atoms with van der Waals surface area (Å²) in [6.45, 7) is 3.51. The van der Waals surface area contributed by atoms with Gasteiger partial charge in [-0.3, -0.25) is 14.9 Å². The van der Waals surface area contributed by atoms with Gasteiger partial charge in [0.15, 0.2) is 0 Å². The highest BCUT2D eigenvalue weighted by molar-refractivity contribution is 5.99. The predicted molar refractivity (Wildman–Crippen MR) is 74.7 cm³/mol. The lowest BCUT2D eigenvalue weighted by Gasteiger charge is -2.17. The largest absolute Gasteiger partial charge is 0.372 e. The van der Waals surface area contributed by atoms with Crippen molar-refractivity contribution in [1.82, 2.24) is 9.88 Å². The molecule has 0 bridgehead atoms. The van der Waals surface area contributed by atoms with Gasteiger partial charge in [0.1, 0.15) is 12.0 Å². The van der Waals surface area contributed by atoms with Gasteiger partial charge in [-0.2, -0.15) is 0 Å². The average molecular weight is 278 g/mol. The molecule has 2 rings (SSSR count). The number of pyridine rings is 1. The van der Waals surface area contributed by atoms with E-state index in [1.54, 1.807) is 11.9 Å². The molecule has 0 aliphatic carbocycles. The predicted octanol–water partition coefficient (Wildman–Crippen LogP) is 1.90. The number of hydrogen-bond donors (Lipinski definition) is 1. The van der Waals surface area contributed by atoms with Gasteiger partial charge in [0.2, 0.25) is 0 Å². The molecule has 1 aliphatic heterocycles. The maximum absolute atomic E-state index is 12.5. The van der Waals surface area contributed by atoms with E-state index in [4.69, 9.17) is 0 Å². The Morgan fingerprint density at radius 1 is 1.65 bits per heavy atom. The molecule has 1 N–H and O–H groups in total. The number of nitro groups is 1. The molecule has 2 heterocycles. The highest BCUT2D eigenvalue weighted by Crippen LogP contribution is 2.25. The molecule has 1 fully saturated rings. The van der Waals surface area contributed by atoms with Crippen LogP contribution in [0.3, 0.4) is 0 Å². The van der Waals surface area contributed by atoms with E-state index in [1.165, 1.54) is 6.07 Å². The van der Waals surface area contributed by atoms with E-state index in [9.17, 15) is 14.9 Å². The summed E-state index contributed by atoms with van der Waals surface area (Å²) < 4.78 is 0. The zero-order valence-corrected chi connectivity index (χ0v) is 11.6. The lowest BCUT2D eigenvalue weighted by Crippen LogP contribution is -2.29. The third kappa shape index (κ3) is 2.71. The number of hydrogen-bond acceptors (Lipinski definition) is 5. The van der Waals surface area contributed by atoms with Crippen LogP contribution in [0.1, 0.15) is 30.1 Å². The molecule has 1 unspecified atom stereocenters. The van der Waals surface area contributed by atoms with E-state index in [0.29, 0.717) is 24.8 Å². The van der Waals surface area contributed by atoms with Crippen LogP contribution in [0.5, 0.6) is 0 Å². The van der Waals surface area contributed by atoms with Crippen LogP contribution >= 0.6 is 0 Å². The van der Waals surface area contributed by atoms with Crippen LogP contribution in [0, 0.1) is 16.0 Å². The van der Waals surface area contributed by atoms with Gasteiger partial charge < -0.3 is 10.2 Å². The Labute approximate surface area is 117 Å². The summed E-state index contributed by atoms with van der Waals surface area (Å²) in [7, 11) is 1.64. The molecule has 0 saturated carbocycles. The molecule has 0 aromatic carbocycles. The number of amides is 1. The van der Waals surface area contributed by atoms with Crippen molar-refractivity contribution in [3.05, 3.63) is 27.9 Å². The summed E-state index contributed by atoms with van der Waals surface area (Å²) in [5, 5.41) is 13.6. The average Bonchev–Trinajstić information content (AvgIpc) is 2.94. The van der Waals surface area contributed by atoms with E-state index < -0.39 is 4.92 Å². The van der Waals surface area contributed by atoms with Crippen molar-refractivity contribution < 1.29 is 9.72 Å². The van der Waals surface area contributed by atoms with E-state index in [2.05, 4.69) is 17.2 Å². The second-order valence-electron chi connectivity index (χ2n) is 4.91. The van der Waals surface area contributed by atoms with Gasteiger partial charge in [-0.25, -0.2) is 4.98 Å². The maximum atomic E-state index is 12.5. The number of nitrogens with one attached hydrogen (secondary N) is 1. The molecule has 1 atom stereocenters. The molecular weight excluding hydrogens is 260 g/mol. The van der Waals surface area contributed by atoms with Crippen LogP contribution < -0.4 is 5.32 Å². The molecular formula is C13H18N4O3. The van der Waals surface area contributed by atoms with Gasteiger partial charge in [-0.1, -0.05) is 13.3 Å². The zero-order valence-electron chi connectivity index (χ0n) is 11.6. The first-order valence-corrected chi connectivity index (χ1v) is 6.68. The number of carbonyl (C=O) groups is 1. The van der Waals surface area contributed by atoms with Crippen LogP contribution in [0.15, 0.2) is 12.3 Å². The minimum atomic E-state index is -0.540. The van der Waals surface area contributed by atoms with Gasteiger partial charge in [0.05, 0.1) is 10.5 Å². The first-order valence-electron chi connectivity index (χ1n) is 6.68. The molecule has 1 aromatic heterocycles. The van der Waals surface area contributed by atoms with Crippen LogP contribution in [-0.4, -0.2) is 40.9 Å². The molecule has 0 radical (unpaired) electrons. The number of rotatable bonds is 4. The molecule has 1 aromatic rings. The molecule has 7 heteroatoms. The third-order valence-electron chi connectivity index (χ3n) is 3.70. The summed E-state index contributed by atoms with van der Waals surface area (Å²) >= 11 is 0. The van der Waals surface area contributed by atoms with Crippen molar-refractivity contribution in [2.45, 2.75) is 19.8 Å². The Hall–Kier alpha value is -2.18. The van der Waals surface area contributed by atoms with Crippen LogP contribution in [0.25, 0.3) is 0 Å². The van der Waals surface area contributed by atoms with Gasteiger partial charge in [0.25, 0.3) is 11.6 Å². The third-order valence-corrected chi connectivity index (χ3v) is 3.70. The number of likely N-dealkylation sites (tertiary alicyclic amines) is 1. The van der Waals surface area contributed by atoms with Crippen molar-refractivity contribution in [2.75, 3.05) is 25.5 Å². The zero-order chi connectivity index (χ0) is 14.7. The summed E-state index contributed by atoms with van der Waals surface area (Å²) in [6.07, 6.45) is 3.18. The summed E-state index contributed by atoms with van der Waals surface area (Å²) in [6, 6.07) is 1.29. The second-order valence-corrected chi connectivity index (χ2v) is 4.91. The first kappa shape index (κ1) is 14.2. The minimum Gasteiger partial charge on any atom is -0.372 e. The Bertz CT molecular complexity index is 532. The number of carbonyl (C=O) groups excluding carboxylic acids is 1. The Morgan fingerprint density at radius 2 is 2.40 bits per heavy atom. The highest BCUT2D eigenvalue weighted by atomic mass is 16.6. The SMILES string of the molecule is CCC1CCN(C(=O)c2cc([N+](=O)[O-])cnc2NC)C1. The molecule has 1 aliphatic rings. The minimum absolute atomic E-state index is 0.168. The van der Waals surface area contributed by atoms with Gasteiger partial charge in [-0.05, 0) is 12.3 Å². The van der Waals surface area contributed by atoms with Crippen molar-refractivity contribution in [3.8, 4) is 0 Å². The normalized spacial score (nSPS) is 18.1. The van der Waals surface area contributed by atoms with E-state index in [0.717, 1.165) is 19.0 Å². The van der Waals surface area contributed by atoms with Crippen LogP contribution in [0.4, 0.5) is 11.5 Å². The van der Waals surface area contributed by atoms with Crippen molar-refractivity contribution in [3.63, 3.8) is 0 Å². The Morgan fingerprint density at radius 3 is 2.95 bits per heavy atom. The fourth-order valence-corrected chi connectivity index (χ4v) is 2.44. The van der Waals surface area contributed by atoms with E-state index in [-0.39, 0.29) is 17.2 Å². The highest BCUT2D eigenvalue weighted by Gasteiger charge is 2.28. The molecule has 20 heavy (non-hydrogen) atoms. The fraction of sp³-hybridized carbons (Fsp3) is 0.538. The first-order chi connectivity index (χ1) is 9.56. The lowest BCUT2D eigenvalue weighted by molar-refractivity contribution is -0.385. The summed E-state index contributed by atoms with van der Waals surface area (Å²) in [5.41, 5.74) is 0.0945. The lowest BCUT2D eigenvalue weighted by atomic mass is 10.1. The van der Waals surface area contributed by atoms with E-state index >= 15 is 0 Å². The van der Waals surface area contributed by atoms with Crippen molar-refractivity contribution in [1.29, 1.82) is 0 Å². The van der Waals surface area contributed by atoms with Crippen molar-refractivity contribution in [2.24, 2.45) is 5.92 Å². The van der Waals surface area contributed by atoms with E-state index in [1.807, 2.05) is 0 Å². The molecule has 108 valence electrons. The number of anilines is 1. The number of aromatic nitrogens is 1. The van der Waals surface area contributed by atoms with Gasteiger partial charge in [0, 0.05) is 26.2 Å². The smallest absolute Gasteiger partial charge is 0.288 e. The second kappa shape index (κ2) is 5.85. The monoisotopic (exact) mass is 278 g/mol. The van der Waals surface area contributed by atoms with Crippen LogP contribution in [0.2, 0.25) is 0 Å².